The molecule has 3 rings (SSSR count). The number of nitrogen functional groups attached to an aromatic ring is 1. The highest BCUT2D eigenvalue weighted by Crippen LogP contribution is 2.51. The third kappa shape index (κ3) is 1.46. The van der Waals surface area contributed by atoms with Crippen molar-refractivity contribution in [1.29, 1.82) is 5.26 Å². The molecule has 0 radical (unpaired) electrons. The highest BCUT2D eigenvalue weighted by Gasteiger charge is 2.56. The van der Waals surface area contributed by atoms with Gasteiger partial charge >= 0.3 is 0 Å². The second-order valence-corrected chi connectivity index (χ2v) is 5.00. The van der Waals surface area contributed by atoms with Gasteiger partial charge in [-0.3, -0.25) is 4.79 Å². The molecule has 1 atom stereocenters. The van der Waals surface area contributed by atoms with Crippen molar-refractivity contribution in [2.24, 2.45) is 11.3 Å². The van der Waals surface area contributed by atoms with Crippen molar-refractivity contribution in [3.05, 3.63) is 18.3 Å². The quantitative estimate of drug-likeness (QED) is 0.847. The smallest absolute Gasteiger partial charge is 0.247 e. The van der Waals surface area contributed by atoms with Crippen LogP contribution in [0.2, 0.25) is 0 Å². The van der Waals surface area contributed by atoms with Gasteiger partial charge in [0.1, 0.15) is 11.2 Å². The summed E-state index contributed by atoms with van der Waals surface area (Å²) in [6.07, 6.45) is 4.19. The van der Waals surface area contributed by atoms with Crippen molar-refractivity contribution < 1.29 is 4.79 Å². The van der Waals surface area contributed by atoms with Crippen LogP contribution in [0.15, 0.2) is 18.3 Å². The Bertz CT molecular complexity index is 546. The van der Waals surface area contributed by atoms with Gasteiger partial charge in [0.05, 0.1) is 6.07 Å². The molecule has 0 bridgehead atoms. The topological polar surface area (TPSA) is 83.0 Å². The van der Waals surface area contributed by atoms with Gasteiger partial charge in [0.25, 0.3) is 0 Å². The molecule has 5 nitrogen and oxygen atoms in total. The van der Waals surface area contributed by atoms with Crippen molar-refractivity contribution in [3.63, 3.8) is 0 Å². The monoisotopic (exact) mass is 242 g/mol. The molecule has 0 unspecified atom stereocenters. The zero-order valence-corrected chi connectivity index (χ0v) is 9.97. The van der Waals surface area contributed by atoms with E-state index < -0.39 is 5.41 Å². The Hall–Kier alpha value is -2.09. The Morgan fingerprint density at radius 1 is 1.56 bits per heavy atom. The molecule has 2 aliphatic rings. The molecular weight excluding hydrogens is 228 g/mol. The summed E-state index contributed by atoms with van der Waals surface area (Å²) in [6, 6.07) is 5.70. The molecular formula is C13H14N4O. The van der Waals surface area contributed by atoms with Crippen LogP contribution in [0.3, 0.4) is 0 Å². The minimum Gasteiger partial charge on any atom is -0.384 e. The average Bonchev–Trinajstić information content (AvgIpc) is 3.15. The van der Waals surface area contributed by atoms with E-state index in [0.717, 1.165) is 18.5 Å². The van der Waals surface area contributed by atoms with E-state index in [2.05, 4.69) is 11.1 Å². The van der Waals surface area contributed by atoms with Crippen LogP contribution in [0.1, 0.15) is 19.3 Å². The second-order valence-electron chi connectivity index (χ2n) is 5.00. The van der Waals surface area contributed by atoms with Gasteiger partial charge in [-0.15, -0.1) is 0 Å². The van der Waals surface area contributed by atoms with Crippen molar-refractivity contribution in [2.75, 3.05) is 17.2 Å². The standard InChI is InChI=1S/C13H14N4O/c14-8-13(9-1-2-9)4-6-17(12(13)18)10-3-5-16-11(15)7-10/h3,5,7,9H,1-2,4,6H2,(H2,15,16)/t13-/m1/s1. The maximum atomic E-state index is 12.5. The Kier molecular flexibility index (Phi) is 2.27. The Morgan fingerprint density at radius 3 is 2.94 bits per heavy atom. The normalized spacial score (nSPS) is 27.3. The third-order valence-corrected chi connectivity index (χ3v) is 3.91. The summed E-state index contributed by atoms with van der Waals surface area (Å²) in [7, 11) is 0. The van der Waals surface area contributed by atoms with Crippen LogP contribution in [-0.2, 0) is 4.79 Å². The van der Waals surface area contributed by atoms with E-state index in [9.17, 15) is 10.1 Å². The number of nitriles is 1. The van der Waals surface area contributed by atoms with Crippen molar-refractivity contribution in [1.82, 2.24) is 4.98 Å². The van der Waals surface area contributed by atoms with Crippen LogP contribution < -0.4 is 10.6 Å². The minimum absolute atomic E-state index is 0.0712. The van der Waals surface area contributed by atoms with E-state index in [1.807, 2.05) is 0 Å². The van der Waals surface area contributed by atoms with Gasteiger partial charge in [-0.2, -0.15) is 5.26 Å². The Labute approximate surface area is 105 Å². The van der Waals surface area contributed by atoms with E-state index in [1.165, 1.54) is 0 Å². The maximum absolute atomic E-state index is 12.5. The first-order valence-corrected chi connectivity index (χ1v) is 6.12. The molecule has 1 aliphatic carbocycles. The van der Waals surface area contributed by atoms with Crippen LogP contribution in [-0.4, -0.2) is 17.4 Å². The van der Waals surface area contributed by atoms with Crippen LogP contribution in [0.25, 0.3) is 0 Å². The lowest BCUT2D eigenvalue weighted by atomic mass is 9.83. The van der Waals surface area contributed by atoms with Gasteiger partial charge in [0.15, 0.2) is 0 Å². The van der Waals surface area contributed by atoms with Crippen molar-refractivity contribution in [3.8, 4) is 6.07 Å². The van der Waals surface area contributed by atoms with E-state index in [-0.39, 0.29) is 11.8 Å². The maximum Gasteiger partial charge on any atom is 0.247 e. The van der Waals surface area contributed by atoms with Gasteiger partial charge in [0, 0.05) is 24.5 Å². The number of carbonyl (C=O) groups excluding carboxylic acids is 1. The summed E-state index contributed by atoms with van der Waals surface area (Å²) < 4.78 is 0. The summed E-state index contributed by atoms with van der Waals surface area (Å²) in [5.41, 5.74) is 5.58. The van der Waals surface area contributed by atoms with Crippen LogP contribution >= 0.6 is 0 Å². The molecule has 1 aromatic heterocycles. The highest BCUT2D eigenvalue weighted by molar-refractivity contribution is 6.02. The van der Waals surface area contributed by atoms with Gasteiger partial charge in [-0.1, -0.05) is 0 Å². The minimum atomic E-state index is -0.794. The van der Waals surface area contributed by atoms with Gasteiger partial charge in [-0.05, 0) is 31.2 Å². The average molecular weight is 242 g/mol. The molecule has 1 saturated carbocycles. The van der Waals surface area contributed by atoms with Gasteiger partial charge in [0.2, 0.25) is 5.91 Å². The van der Waals surface area contributed by atoms with E-state index >= 15 is 0 Å². The van der Waals surface area contributed by atoms with Crippen molar-refractivity contribution >= 4 is 17.4 Å². The lowest BCUT2D eigenvalue weighted by Gasteiger charge is -2.20. The van der Waals surface area contributed by atoms with Crippen LogP contribution in [0.5, 0.6) is 0 Å². The second kappa shape index (κ2) is 3.70. The molecule has 92 valence electrons. The van der Waals surface area contributed by atoms with E-state index in [0.29, 0.717) is 18.8 Å². The molecule has 1 amide bonds. The van der Waals surface area contributed by atoms with E-state index in [4.69, 9.17) is 5.73 Å². The first kappa shape index (κ1) is 11.0. The summed E-state index contributed by atoms with van der Waals surface area (Å²) in [6.45, 7) is 0.590. The molecule has 0 aromatic carbocycles. The molecule has 1 saturated heterocycles. The molecule has 0 spiro atoms. The SMILES string of the molecule is N#C[C@@]1(C2CC2)CCN(c2ccnc(N)c2)C1=O. The molecule has 5 heteroatoms. The summed E-state index contributed by atoms with van der Waals surface area (Å²) in [4.78, 5) is 18.1. The summed E-state index contributed by atoms with van der Waals surface area (Å²) >= 11 is 0. The predicted molar refractivity (Wildman–Crippen MR) is 66.4 cm³/mol. The van der Waals surface area contributed by atoms with Crippen molar-refractivity contribution in [2.45, 2.75) is 19.3 Å². The van der Waals surface area contributed by atoms with E-state index in [1.54, 1.807) is 23.2 Å². The zero-order valence-electron chi connectivity index (χ0n) is 9.97. The summed E-state index contributed by atoms with van der Waals surface area (Å²) in [5.74, 6) is 0.568. The molecule has 1 aromatic rings. The zero-order chi connectivity index (χ0) is 12.8. The number of nitrogens with two attached hydrogens (primary N) is 1. The number of rotatable bonds is 2. The first-order valence-electron chi connectivity index (χ1n) is 6.12. The Morgan fingerprint density at radius 2 is 2.33 bits per heavy atom. The first-order chi connectivity index (χ1) is 8.67. The molecule has 18 heavy (non-hydrogen) atoms. The fraction of sp³-hybridized carbons (Fsp3) is 0.462. The number of hydrogen-bond donors (Lipinski definition) is 1. The number of nitrogens with zero attached hydrogens (tertiary/aromatic N) is 3. The largest absolute Gasteiger partial charge is 0.384 e. The molecule has 2 N–H and O–H groups in total. The molecule has 2 fully saturated rings. The fourth-order valence-electron chi connectivity index (χ4n) is 2.74. The predicted octanol–water partition coefficient (Wildman–Crippen LogP) is 1.32. The number of hydrogen-bond acceptors (Lipinski definition) is 4. The number of aromatic nitrogens is 1. The van der Waals surface area contributed by atoms with Crippen LogP contribution in [0, 0.1) is 22.7 Å². The van der Waals surface area contributed by atoms with Gasteiger partial charge in [-0.25, -0.2) is 4.98 Å². The Balaban J connectivity index is 1.93. The van der Waals surface area contributed by atoms with Gasteiger partial charge < -0.3 is 10.6 Å². The highest BCUT2D eigenvalue weighted by atomic mass is 16.2. The fourth-order valence-corrected chi connectivity index (χ4v) is 2.74. The number of pyridine rings is 1. The number of anilines is 2. The summed E-state index contributed by atoms with van der Waals surface area (Å²) in [5, 5.41) is 9.38. The third-order valence-electron chi connectivity index (χ3n) is 3.91. The number of amides is 1. The number of carbonyl (C=O) groups is 1. The van der Waals surface area contributed by atoms with Crippen LogP contribution in [0.4, 0.5) is 11.5 Å². The lowest BCUT2D eigenvalue weighted by molar-refractivity contribution is -0.123. The lowest BCUT2D eigenvalue weighted by Crippen LogP contribution is -2.35. The molecule has 1 aliphatic heterocycles. The molecule has 2 heterocycles.